The van der Waals surface area contributed by atoms with Crippen LogP contribution in [0.1, 0.15) is 30.4 Å². The number of rotatable bonds is 16. The average molecular weight is 671 g/mol. The zero-order valence-corrected chi connectivity index (χ0v) is 29.8. The van der Waals surface area contributed by atoms with Crippen LogP contribution in [0.2, 0.25) is 0 Å². The van der Waals surface area contributed by atoms with E-state index in [0.717, 1.165) is 87.5 Å². The zero-order valence-electron chi connectivity index (χ0n) is 29.8. The lowest BCUT2D eigenvalue weighted by atomic mass is 10.0. The lowest BCUT2D eigenvalue weighted by Crippen LogP contribution is -2.32. The lowest BCUT2D eigenvalue weighted by Gasteiger charge is -2.22. The van der Waals surface area contributed by atoms with E-state index in [2.05, 4.69) is 44.0 Å². The summed E-state index contributed by atoms with van der Waals surface area (Å²) in [4.78, 5) is 14.5. The van der Waals surface area contributed by atoms with Gasteiger partial charge in [0.05, 0.1) is 54.0 Å². The van der Waals surface area contributed by atoms with E-state index in [4.69, 9.17) is 28.4 Å². The third-order valence-corrected chi connectivity index (χ3v) is 9.13. The number of aromatic nitrogens is 2. The van der Waals surface area contributed by atoms with Crippen molar-refractivity contribution in [2.75, 3.05) is 81.9 Å². The number of benzene rings is 2. The Bertz CT molecular complexity index is 1490. The van der Waals surface area contributed by atoms with Crippen molar-refractivity contribution in [2.45, 2.75) is 32.1 Å². The highest BCUT2D eigenvalue weighted by molar-refractivity contribution is 5.70. The molecule has 1 aliphatic rings. The molecule has 262 valence electrons. The number of nitrogens with zero attached hydrogens (tertiary/aromatic N) is 4. The molecule has 0 aliphatic carbocycles. The lowest BCUT2D eigenvalue weighted by molar-refractivity contribution is 0.253. The minimum Gasteiger partial charge on any atom is -0.493 e. The van der Waals surface area contributed by atoms with E-state index in [1.165, 1.54) is 17.5 Å². The molecule has 0 radical (unpaired) electrons. The number of ether oxygens (including phenoxy) is 6. The minimum atomic E-state index is 0.581. The Balaban J connectivity index is 1.09. The number of hydrogen-bond donors (Lipinski definition) is 0. The smallest absolute Gasteiger partial charge is 0.203 e. The van der Waals surface area contributed by atoms with Crippen LogP contribution in [0.25, 0.3) is 22.5 Å². The summed E-state index contributed by atoms with van der Waals surface area (Å²) in [6.45, 7) is 6.69. The summed E-state index contributed by atoms with van der Waals surface area (Å²) in [7, 11) is 9.75. The van der Waals surface area contributed by atoms with Crippen molar-refractivity contribution in [1.29, 1.82) is 0 Å². The largest absolute Gasteiger partial charge is 0.493 e. The molecule has 10 nitrogen and oxygen atoms in total. The summed E-state index contributed by atoms with van der Waals surface area (Å²) in [6, 6.07) is 16.4. The van der Waals surface area contributed by atoms with Gasteiger partial charge in [-0.15, -0.1) is 0 Å². The van der Waals surface area contributed by atoms with Crippen molar-refractivity contribution >= 4 is 0 Å². The van der Waals surface area contributed by atoms with Crippen LogP contribution in [0.5, 0.6) is 34.5 Å². The topological polar surface area (TPSA) is 87.6 Å². The first kappa shape index (κ1) is 35.8. The van der Waals surface area contributed by atoms with Gasteiger partial charge in [-0.05, 0) is 118 Å². The Labute approximate surface area is 290 Å². The molecule has 2 aromatic carbocycles. The number of hydrogen-bond acceptors (Lipinski definition) is 10. The molecule has 1 saturated heterocycles. The molecule has 10 heteroatoms. The summed E-state index contributed by atoms with van der Waals surface area (Å²) in [5.41, 5.74) is 6.22. The Hall–Kier alpha value is -4.54. The quantitative estimate of drug-likeness (QED) is 0.133. The van der Waals surface area contributed by atoms with Crippen LogP contribution in [-0.4, -0.2) is 102 Å². The summed E-state index contributed by atoms with van der Waals surface area (Å²) in [5.74, 6) is 3.66. The number of methoxy groups -OCH3 is 6. The van der Waals surface area contributed by atoms with E-state index >= 15 is 0 Å². The van der Waals surface area contributed by atoms with Gasteiger partial charge in [0.1, 0.15) is 0 Å². The first-order chi connectivity index (χ1) is 24.0. The van der Waals surface area contributed by atoms with Crippen molar-refractivity contribution in [3.05, 3.63) is 72.1 Å². The average Bonchev–Trinajstić information content (AvgIpc) is 3.38. The normalized spacial score (nSPS) is 13.8. The molecule has 1 fully saturated rings. The van der Waals surface area contributed by atoms with Gasteiger partial charge in [-0.25, -0.2) is 0 Å². The maximum absolute atomic E-state index is 5.55. The number of pyridine rings is 2. The van der Waals surface area contributed by atoms with Crippen molar-refractivity contribution in [3.8, 4) is 57.0 Å². The first-order valence-electron chi connectivity index (χ1n) is 17.0. The van der Waals surface area contributed by atoms with E-state index < -0.39 is 0 Å². The van der Waals surface area contributed by atoms with E-state index in [1.807, 2.05) is 36.7 Å². The molecule has 49 heavy (non-hydrogen) atoms. The Morgan fingerprint density at radius 1 is 0.510 bits per heavy atom. The molecule has 0 amide bonds. The Morgan fingerprint density at radius 3 is 1.24 bits per heavy atom. The second-order valence-electron chi connectivity index (χ2n) is 12.2. The van der Waals surface area contributed by atoms with Crippen molar-refractivity contribution in [3.63, 3.8) is 0 Å². The second-order valence-corrected chi connectivity index (χ2v) is 12.2. The predicted molar refractivity (Wildman–Crippen MR) is 193 cm³/mol. The molecule has 4 aromatic rings. The molecule has 3 heterocycles. The van der Waals surface area contributed by atoms with Crippen LogP contribution in [-0.2, 0) is 12.8 Å². The first-order valence-corrected chi connectivity index (χ1v) is 17.0. The Kier molecular flexibility index (Phi) is 12.9. The van der Waals surface area contributed by atoms with Gasteiger partial charge in [-0.1, -0.05) is 0 Å². The molecule has 2 aromatic heterocycles. The highest BCUT2D eigenvalue weighted by Crippen LogP contribution is 2.42. The molecule has 0 N–H and O–H groups in total. The summed E-state index contributed by atoms with van der Waals surface area (Å²) >= 11 is 0. The van der Waals surface area contributed by atoms with E-state index in [-0.39, 0.29) is 0 Å². The minimum absolute atomic E-state index is 0.581. The van der Waals surface area contributed by atoms with E-state index in [0.29, 0.717) is 34.5 Å². The molecule has 0 spiro atoms. The Morgan fingerprint density at radius 2 is 0.898 bits per heavy atom. The van der Waals surface area contributed by atoms with Gasteiger partial charge < -0.3 is 38.2 Å². The van der Waals surface area contributed by atoms with Crippen molar-refractivity contribution in [2.24, 2.45) is 0 Å². The standard InChI is InChI=1S/C39H50N4O6/c1-44-34-24-30(25-35(45-2)38(34)48-5)32-22-28(12-14-40-32)10-7-16-42-18-9-19-43(21-20-42)17-8-11-29-13-15-41-33(23-29)31-26-36(46-3)39(49-6)37(27-31)47-4/h12-15,22-27H,7-11,16-21H2,1-6H3. The monoisotopic (exact) mass is 670 g/mol. The molecular formula is C39H50N4O6. The summed E-state index contributed by atoms with van der Waals surface area (Å²) in [5, 5.41) is 0. The van der Waals surface area contributed by atoms with Gasteiger partial charge in [0, 0.05) is 36.6 Å². The molecule has 0 atom stereocenters. The van der Waals surface area contributed by atoms with Gasteiger partial charge >= 0.3 is 0 Å². The van der Waals surface area contributed by atoms with Crippen molar-refractivity contribution in [1.82, 2.24) is 19.8 Å². The summed E-state index contributed by atoms with van der Waals surface area (Å²) in [6.07, 6.45) is 9.19. The third kappa shape index (κ3) is 9.13. The fourth-order valence-corrected chi connectivity index (χ4v) is 6.52. The fourth-order valence-electron chi connectivity index (χ4n) is 6.52. The van der Waals surface area contributed by atoms with Crippen LogP contribution in [0, 0.1) is 0 Å². The van der Waals surface area contributed by atoms with Gasteiger partial charge in [0.25, 0.3) is 0 Å². The van der Waals surface area contributed by atoms with Crippen LogP contribution in [0.3, 0.4) is 0 Å². The summed E-state index contributed by atoms with van der Waals surface area (Å²) < 4.78 is 33.2. The highest BCUT2D eigenvalue weighted by atomic mass is 16.5. The maximum Gasteiger partial charge on any atom is 0.203 e. The van der Waals surface area contributed by atoms with Crippen LogP contribution in [0.4, 0.5) is 0 Å². The SMILES string of the molecule is COc1cc(-c2cc(CCCN3CCCN(CCCc4ccnc(-c5cc(OC)c(OC)c(OC)c5)c4)CC3)ccn2)cc(OC)c1OC. The van der Waals surface area contributed by atoms with E-state index in [9.17, 15) is 0 Å². The van der Waals surface area contributed by atoms with Crippen molar-refractivity contribution < 1.29 is 28.4 Å². The second kappa shape index (κ2) is 17.7. The number of aryl methyl sites for hydroxylation is 2. The molecule has 0 bridgehead atoms. The molecular weight excluding hydrogens is 620 g/mol. The van der Waals surface area contributed by atoms with Crippen LogP contribution in [0.15, 0.2) is 60.9 Å². The molecule has 5 rings (SSSR count). The third-order valence-electron chi connectivity index (χ3n) is 9.13. The fraction of sp³-hybridized carbons (Fsp3) is 0.436. The predicted octanol–water partition coefficient (Wildman–Crippen LogP) is 6.44. The van der Waals surface area contributed by atoms with Crippen LogP contribution >= 0.6 is 0 Å². The highest BCUT2D eigenvalue weighted by Gasteiger charge is 2.18. The van der Waals surface area contributed by atoms with E-state index in [1.54, 1.807) is 42.7 Å². The van der Waals surface area contributed by atoms with Gasteiger partial charge in [0.15, 0.2) is 23.0 Å². The van der Waals surface area contributed by atoms with Gasteiger partial charge in [-0.3, -0.25) is 9.97 Å². The van der Waals surface area contributed by atoms with Gasteiger partial charge in [-0.2, -0.15) is 0 Å². The maximum atomic E-state index is 5.55. The van der Waals surface area contributed by atoms with Gasteiger partial charge in [0.2, 0.25) is 11.5 Å². The zero-order chi connectivity index (χ0) is 34.6. The molecule has 0 saturated carbocycles. The molecule has 0 unspecified atom stereocenters. The van der Waals surface area contributed by atoms with Crippen LogP contribution < -0.4 is 28.4 Å². The molecule has 1 aliphatic heterocycles.